The highest BCUT2D eigenvalue weighted by atomic mass is 16.6. The summed E-state index contributed by atoms with van der Waals surface area (Å²) in [5.74, 6) is 0.877. The third kappa shape index (κ3) is 15.6. The quantitative estimate of drug-likeness (QED) is 0.153. The van der Waals surface area contributed by atoms with E-state index in [-0.39, 0.29) is 29.9 Å². The highest BCUT2D eigenvalue weighted by Gasteiger charge is 2.50. The second kappa shape index (κ2) is 17.0. The maximum Gasteiger partial charge on any atom is 0.408 e. The Balaban J connectivity index is 1.41. The van der Waals surface area contributed by atoms with Crippen molar-refractivity contribution in [1.82, 2.24) is 5.32 Å². The van der Waals surface area contributed by atoms with Crippen molar-refractivity contribution in [3.05, 3.63) is 24.0 Å². The van der Waals surface area contributed by atoms with Crippen LogP contribution in [0.5, 0.6) is 0 Å². The van der Waals surface area contributed by atoms with E-state index < -0.39 is 11.2 Å². The lowest BCUT2D eigenvalue weighted by Gasteiger charge is -2.29. The molecule has 230 valence electrons. The van der Waals surface area contributed by atoms with Gasteiger partial charge in [-0.3, -0.25) is 4.79 Å². The molecule has 1 atom stereocenters. The summed E-state index contributed by atoms with van der Waals surface area (Å²) in [4.78, 5) is 23.9. The fourth-order valence-corrected chi connectivity index (χ4v) is 4.30. The number of rotatable bonds is 19. The van der Waals surface area contributed by atoms with Crippen LogP contribution in [0.4, 0.5) is 4.79 Å². The van der Waals surface area contributed by atoms with Gasteiger partial charge in [-0.1, -0.05) is 12.5 Å². The average Bonchev–Trinajstić information content (AvgIpc) is 3.62. The molecule has 2 rings (SSSR count). The summed E-state index contributed by atoms with van der Waals surface area (Å²) in [5, 5.41) is 3.11. The monoisotopic (exact) mass is 567 g/mol. The van der Waals surface area contributed by atoms with Crippen molar-refractivity contribution in [2.45, 2.75) is 110 Å². The molecule has 0 aromatic rings. The van der Waals surface area contributed by atoms with Gasteiger partial charge < -0.3 is 33.7 Å². The highest BCUT2D eigenvalue weighted by molar-refractivity contribution is 5.70. The number of unbranched alkanes of at least 4 members (excludes halogenated alkanes) is 3. The topological polar surface area (TPSA) is 102 Å². The molecule has 1 saturated carbocycles. The lowest BCUT2D eigenvalue weighted by atomic mass is 9.90. The normalized spacial score (nSPS) is 18.1. The lowest BCUT2D eigenvalue weighted by Crippen LogP contribution is -2.44. The van der Waals surface area contributed by atoms with E-state index in [1.54, 1.807) is 0 Å². The van der Waals surface area contributed by atoms with Gasteiger partial charge in [-0.15, -0.1) is 0 Å². The number of esters is 1. The first kappa shape index (κ1) is 34.1. The predicted octanol–water partition coefficient (Wildman–Crippen LogP) is 5.86. The maximum absolute atomic E-state index is 12.3. The number of carbonyl (C=O) groups excluding carboxylic acids is 2. The number of hydrogen-bond donors (Lipinski definition) is 1. The third-order valence-corrected chi connectivity index (χ3v) is 6.35. The van der Waals surface area contributed by atoms with E-state index in [2.05, 4.69) is 17.5 Å². The lowest BCUT2D eigenvalue weighted by molar-refractivity contribution is -0.156. The smallest absolute Gasteiger partial charge is 0.408 e. The molecule has 0 saturated heterocycles. The Morgan fingerprint density at radius 2 is 1.38 bits per heavy atom. The predicted molar refractivity (Wildman–Crippen MR) is 154 cm³/mol. The van der Waals surface area contributed by atoms with Gasteiger partial charge in [0.2, 0.25) is 0 Å². The number of nitrogens with one attached hydrogen (secondary N) is 1. The first-order chi connectivity index (χ1) is 18.9. The second-order valence-electron chi connectivity index (χ2n) is 12.5. The summed E-state index contributed by atoms with van der Waals surface area (Å²) in [6.45, 7) is 14.9. The van der Waals surface area contributed by atoms with Gasteiger partial charge in [-0.25, -0.2) is 4.79 Å². The molecule has 1 fully saturated rings. The fourth-order valence-electron chi connectivity index (χ4n) is 4.30. The maximum atomic E-state index is 12.3. The summed E-state index contributed by atoms with van der Waals surface area (Å²) >= 11 is 0. The Hall–Kier alpha value is -2.10. The summed E-state index contributed by atoms with van der Waals surface area (Å²) < 4.78 is 33.2. The standard InChI is InChI=1S/C31H53NO8/c1-29(2,3)39-27(33)14-19-36-21-23-37-22-20-35-17-9-7-8-10-18-38-26-13-11-12-25(24-26)31(15-16-31)32-28(34)40-30(4,5)6/h11,13,24-25H,7-10,12,14-23H2,1-6H3,(H,32,34). The summed E-state index contributed by atoms with van der Waals surface area (Å²) in [5.41, 5.74) is -1.17. The minimum atomic E-state index is -0.500. The number of carbonyl (C=O) groups is 2. The van der Waals surface area contributed by atoms with Crippen LogP contribution in [0.1, 0.15) is 92.9 Å². The van der Waals surface area contributed by atoms with Crippen molar-refractivity contribution in [1.29, 1.82) is 0 Å². The van der Waals surface area contributed by atoms with E-state index in [9.17, 15) is 9.59 Å². The van der Waals surface area contributed by atoms with Crippen molar-refractivity contribution in [3.8, 4) is 0 Å². The van der Waals surface area contributed by atoms with E-state index in [4.69, 9.17) is 28.4 Å². The number of alkyl carbamates (subject to hydrolysis) is 1. The molecule has 2 aliphatic rings. The Labute approximate surface area is 241 Å². The van der Waals surface area contributed by atoms with Crippen molar-refractivity contribution in [3.63, 3.8) is 0 Å². The fraction of sp³-hybridized carbons (Fsp3) is 0.806. The Morgan fingerprint density at radius 1 is 0.800 bits per heavy atom. The van der Waals surface area contributed by atoms with Crippen LogP contribution in [0.15, 0.2) is 24.0 Å². The minimum Gasteiger partial charge on any atom is -0.494 e. The first-order valence-electron chi connectivity index (χ1n) is 14.9. The zero-order chi connectivity index (χ0) is 29.5. The van der Waals surface area contributed by atoms with E-state index in [1.165, 1.54) is 0 Å². The average molecular weight is 568 g/mol. The largest absolute Gasteiger partial charge is 0.494 e. The van der Waals surface area contributed by atoms with Crippen molar-refractivity contribution >= 4 is 12.1 Å². The summed E-state index contributed by atoms with van der Waals surface area (Å²) in [6, 6.07) is 0. The van der Waals surface area contributed by atoms with Crippen LogP contribution >= 0.6 is 0 Å². The van der Waals surface area contributed by atoms with E-state index in [0.29, 0.717) is 39.6 Å². The Kier molecular flexibility index (Phi) is 14.5. The van der Waals surface area contributed by atoms with Gasteiger partial charge in [0.15, 0.2) is 0 Å². The number of amides is 1. The molecule has 0 aromatic carbocycles. The molecule has 0 heterocycles. The molecule has 0 spiro atoms. The number of allylic oxidation sites excluding steroid dienone is 2. The summed E-state index contributed by atoms with van der Waals surface area (Å²) in [7, 11) is 0. The van der Waals surface area contributed by atoms with Gasteiger partial charge in [0, 0.05) is 12.5 Å². The molecule has 9 heteroatoms. The Bertz CT molecular complexity index is 820. The van der Waals surface area contributed by atoms with Gasteiger partial charge in [0.1, 0.15) is 17.0 Å². The molecule has 1 unspecified atom stereocenters. The van der Waals surface area contributed by atoms with Crippen molar-refractivity contribution < 1.29 is 38.0 Å². The number of hydrogen-bond acceptors (Lipinski definition) is 8. The molecule has 0 aliphatic heterocycles. The molecule has 0 bridgehead atoms. The highest BCUT2D eigenvalue weighted by Crippen LogP contribution is 2.46. The second-order valence-corrected chi connectivity index (χ2v) is 12.5. The van der Waals surface area contributed by atoms with Gasteiger partial charge in [-0.2, -0.15) is 0 Å². The van der Waals surface area contributed by atoms with Gasteiger partial charge in [0.25, 0.3) is 0 Å². The van der Waals surface area contributed by atoms with E-state index in [0.717, 1.165) is 57.3 Å². The van der Waals surface area contributed by atoms with E-state index in [1.807, 2.05) is 47.6 Å². The zero-order valence-corrected chi connectivity index (χ0v) is 25.7. The van der Waals surface area contributed by atoms with Crippen molar-refractivity contribution in [2.24, 2.45) is 5.92 Å². The number of ether oxygens (including phenoxy) is 6. The first-order valence-corrected chi connectivity index (χ1v) is 14.9. The van der Waals surface area contributed by atoms with Crippen LogP contribution in [0, 0.1) is 5.92 Å². The molecule has 0 radical (unpaired) electrons. The molecule has 40 heavy (non-hydrogen) atoms. The van der Waals surface area contributed by atoms with Crippen molar-refractivity contribution in [2.75, 3.05) is 46.2 Å². The molecule has 1 N–H and O–H groups in total. The third-order valence-electron chi connectivity index (χ3n) is 6.35. The van der Waals surface area contributed by atoms with Crippen LogP contribution in [-0.4, -0.2) is 75.1 Å². The molecular weight excluding hydrogens is 514 g/mol. The molecule has 9 nitrogen and oxygen atoms in total. The van der Waals surface area contributed by atoms with Crippen LogP contribution in [0.2, 0.25) is 0 Å². The van der Waals surface area contributed by atoms with Crippen LogP contribution in [0.25, 0.3) is 0 Å². The SMILES string of the molecule is CC(C)(C)OC(=O)CCOCCOCCOCCCCCCOC1=CC(C2(NC(=O)OC(C)(C)C)CC2)CC=C1. The van der Waals surface area contributed by atoms with Gasteiger partial charge in [-0.05, 0) is 92.2 Å². The summed E-state index contributed by atoms with van der Waals surface area (Å²) in [6.07, 6.45) is 13.3. The van der Waals surface area contributed by atoms with Crippen LogP contribution in [-0.2, 0) is 33.2 Å². The van der Waals surface area contributed by atoms with Crippen LogP contribution < -0.4 is 5.32 Å². The van der Waals surface area contributed by atoms with Gasteiger partial charge in [0.05, 0.1) is 51.6 Å². The Morgan fingerprint density at radius 3 is 1.98 bits per heavy atom. The zero-order valence-electron chi connectivity index (χ0n) is 25.7. The van der Waals surface area contributed by atoms with Gasteiger partial charge >= 0.3 is 12.1 Å². The molecule has 1 amide bonds. The van der Waals surface area contributed by atoms with E-state index >= 15 is 0 Å². The molecule has 2 aliphatic carbocycles. The molecular formula is C31H53NO8. The van der Waals surface area contributed by atoms with Crippen LogP contribution in [0.3, 0.4) is 0 Å². The minimum absolute atomic E-state index is 0.205. The molecule has 0 aromatic heterocycles.